The number of nitrogens with one attached hydrogen (secondary N) is 1. The van der Waals surface area contributed by atoms with E-state index in [9.17, 15) is 0 Å². The Morgan fingerprint density at radius 3 is 1.25 bits per heavy atom. The van der Waals surface area contributed by atoms with Crippen molar-refractivity contribution in [3.63, 3.8) is 0 Å². The second kappa shape index (κ2) is 33.0. The molecule has 17 nitrogen and oxygen atoms in total. The van der Waals surface area contributed by atoms with Gasteiger partial charge < -0.3 is 27.1 Å². The summed E-state index contributed by atoms with van der Waals surface area (Å²) in [7, 11) is -1.38. The van der Waals surface area contributed by atoms with Crippen molar-refractivity contribution in [2.45, 2.75) is 0 Å². The van der Waals surface area contributed by atoms with Gasteiger partial charge in [0.2, 0.25) is 0 Å². The summed E-state index contributed by atoms with van der Waals surface area (Å²) in [5.41, 5.74) is 18.9. The van der Waals surface area contributed by atoms with Crippen LogP contribution in [0.3, 0.4) is 0 Å². The smallest absolute Gasteiger partial charge is 0.423 e. The van der Waals surface area contributed by atoms with Crippen LogP contribution in [0, 0.1) is 22.7 Å². The highest BCUT2D eigenvalue weighted by molar-refractivity contribution is 9.10. The van der Waals surface area contributed by atoms with Crippen LogP contribution in [-0.4, -0.2) is 63.6 Å². The molecule has 19 heteroatoms. The summed E-state index contributed by atoms with van der Waals surface area (Å²) in [6.45, 7) is 14.8. The normalized spacial score (nSPS) is 9.64. The molecule has 0 unspecified atom stereocenters. The number of hydrazone groups is 1. The summed E-state index contributed by atoms with van der Waals surface area (Å²) in [5, 5.41) is 44.4. The molecule has 0 radical (unpaired) electrons. The minimum absolute atomic E-state index is 0. The van der Waals surface area contributed by atoms with Crippen molar-refractivity contribution < 1.29 is 15.5 Å². The fraction of sp³-hybridized carbons (Fsp3) is 0. The molecule has 9 aromatic rings. The molecule has 76 heavy (non-hydrogen) atoms. The Balaban J connectivity index is 0.000000253. The summed E-state index contributed by atoms with van der Waals surface area (Å²) in [6.07, 6.45) is 15.5. The summed E-state index contributed by atoms with van der Waals surface area (Å²) >= 11 is 3.20. The molecule has 0 aliphatic rings. The van der Waals surface area contributed by atoms with Crippen LogP contribution in [-0.2, 0) is 0 Å². The van der Waals surface area contributed by atoms with Crippen LogP contribution in [0.4, 0.5) is 0 Å². The number of nitrogens with zero attached hydrogens (tertiary/aromatic N) is 9. The minimum Gasteiger partial charge on any atom is -0.423 e. The average Bonchev–Trinajstić information content (AvgIpc) is 4.04. The van der Waals surface area contributed by atoms with Crippen molar-refractivity contribution in [2.75, 3.05) is 0 Å². The number of benzene rings is 4. The summed E-state index contributed by atoms with van der Waals surface area (Å²) in [4.78, 5) is 20.5. The van der Waals surface area contributed by atoms with Gasteiger partial charge in [0.15, 0.2) is 11.7 Å². The van der Waals surface area contributed by atoms with Crippen molar-refractivity contribution in [3.05, 3.63) is 247 Å². The van der Waals surface area contributed by atoms with Gasteiger partial charge in [-0.2, -0.15) is 20.7 Å². The maximum absolute atomic E-state index is 8.72. The molecule has 0 bridgehead atoms. The number of aromatic nitrogens is 7. The van der Waals surface area contributed by atoms with Gasteiger partial charge in [-0.05, 0) is 96.7 Å². The van der Waals surface area contributed by atoms with Crippen molar-refractivity contribution in [3.8, 4) is 57.0 Å². The third-order valence-electron chi connectivity index (χ3n) is 10.2. The van der Waals surface area contributed by atoms with E-state index in [-0.39, 0.29) is 11.3 Å². The molecular weight excluding hydrogens is 1020 g/mol. The van der Waals surface area contributed by atoms with Crippen LogP contribution in [0.1, 0.15) is 39.3 Å². The zero-order valence-corrected chi connectivity index (χ0v) is 42.7. The maximum Gasteiger partial charge on any atom is 0.488 e. The number of aromatic amines is 1. The SMILES string of the molecule is C=Cc1ccc(-c2ccc(-c3ncn[nH]3)nc2)cc1.C=Cc1ccc(-c2ccc(C#N)nc2)cc1.C=Cc1ccc(-c2ccc(C(N)=NN)nc2)cc1.C=Cc1ccc(B(O)O)cc1.N#Cc1ccc(Br)cn1.NN.O. The zero-order valence-electron chi connectivity index (χ0n) is 41.1. The van der Waals surface area contributed by atoms with Gasteiger partial charge in [0, 0.05) is 46.0 Å². The van der Waals surface area contributed by atoms with E-state index in [0.717, 1.165) is 65.8 Å². The standard InChI is InChI=1S/C15H12N4.C14H14N4.C14H10N2.C8H9BO2.C6H3BrN2.H4N2.H2O/c1-2-11-3-5-12(6-4-11)13-7-8-14(16-9-13)15-17-10-18-19-15;1-2-10-3-5-11(6-4-10)12-7-8-13(17-9-12)14(15)18-16;1-2-11-3-5-12(6-4-11)13-7-8-14(9-15)16-10-13;1-2-7-3-5-8(6-4-7)9(10)11;7-5-1-2-6(3-8)9-4-5;1-2;/h2-10H,1H2,(H,17,18,19);2-9H,1,16H2,(H2,15,18);2-8,10H,1H2;2-6,10-11H,1H2;1-2,4H;1-2H2;1H2. The molecule has 0 saturated carbocycles. The zero-order chi connectivity index (χ0) is 54.4. The summed E-state index contributed by atoms with van der Waals surface area (Å²) in [5.74, 6) is 14.0. The van der Waals surface area contributed by atoms with Crippen LogP contribution in [0.2, 0.25) is 0 Å². The first kappa shape index (κ1) is 60.5. The number of halogens is 1. The van der Waals surface area contributed by atoms with Gasteiger partial charge in [0.25, 0.3) is 0 Å². The Labute approximate surface area is 449 Å². The van der Waals surface area contributed by atoms with E-state index in [4.69, 9.17) is 32.1 Å². The second-order valence-corrected chi connectivity index (χ2v) is 15.9. The van der Waals surface area contributed by atoms with Gasteiger partial charge in [-0.25, -0.2) is 15.0 Å². The van der Waals surface area contributed by atoms with Crippen LogP contribution in [0.5, 0.6) is 0 Å². The van der Waals surface area contributed by atoms with Gasteiger partial charge in [0.05, 0.1) is 0 Å². The number of pyridine rings is 4. The van der Waals surface area contributed by atoms with Crippen molar-refractivity contribution in [1.82, 2.24) is 35.1 Å². The monoisotopic (exact) mass is 1070 g/mol. The molecule has 0 amide bonds. The lowest BCUT2D eigenvalue weighted by atomic mass is 9.80. The van der Waals surface area contributed by atoms with E-state index < -0.39 is 7.12 Å². The number of hydrazine groups is 1. The number of nitriles is 2. The Bertz CT molecular complexity index is 3280. The molecule has 5 aromatic heterocycles. The minimum atomic E-state index is -1.38. The summed E-state index contributed by atoms with van der Waals surface area (Å²) < 4.78 is 0.890. The Kier molecular flexibility index (Phi) is 26.3. The number of hydrogen-bond donors (Lipinski definition) is 7. The van der Waals surface area contributed by atoms with Gasteiger partial charge in [0.1, 0.15) is 41.2 Å². The first-order chi connectivity index (χ1) is 36.5. The van der Waals surface area contributed by atoms with E-state index in [1.165, 1.54) is 6.33 Å². The molecule has 0 saturated heterocycles. The lowest BCUT2D eigenvalue weighted by Crippen LogP contribution is -2.29. The third-order valence-corrected chi connectivity index (χ3v) is 10.7. The number of amidine groups is 1. The van der Waals surface area contributed by atoms with Crippen molar-refractivity contribution in [1.29, 1.82) is 10.5 Å². The highest BCUT2D eigenvalue weighted by Crippen LogP contribution is 2.23. The fourth-order valence-corrected chi connectivity index (χ4v) is 6.36. The molecule has 5 heterocycles. The Morgan fingerprint density at radius 2 is 0.934 bits per heavy atom. The molecule has 380 valence electrons. The van der Waals surface area contributed by atoms with Gasteiger partial charge in [-0.3, -0.25) is 26.8 Å². The van der Waals surface area contributed by atoms with E-state index in [1.54, 1.807) is 79.3 Å². The number of nitrogens with two attached hydrogens (primary N) is 4. The highest BCUT2D eigenvalue weighted by atomic mass is 79.9. The first-order valence-corrected chi connectivity index (χ1v) is 23.1. The average molecular weight is 1070 g/mol. The third kappa shape index (κ3) is 19.3. The van der Waals surface area contributed by atoms with E-state index >= 15 is 0 Å². The first-order valence-electron chi connectivity index (χ1n) is 22.3. The highest BCUT2D eigenvalue weighted by Gasteiger charge is 2.09. The second-order valence-electron chi connectivity index (χ2n) is 15.0. The van der Waals surface area contributed by atoms with E-state index in [0.29, 0.717) is 28.4 Å². The molecule has 0 spiro atoms. The molecule has 4 aromatic carbocycles. The lowest BCUT2D eigenvalue weighted by molar-refractivity contribution is 0.426. The Morgan fingerprint density at radius 1 is 0.539 bits per heavy atom. The van der Waals surface area contributed by atoms with Crippen LogP contribution in [0.25, 0.3) is 69.2 Å². The van der Waals surface area contributed by atoms with Gasteiger partial charge >= 0.3 is 7.12 Å². The molecule has 0 atom stereocenters. The van der Waals surface area contributed by atoms with Crippen molar-refractivity contribution in [2.24, 2.45) is 28.4 Å². The summed E-state index contributed by atoms with van der Waals surface area (Å²) in [6, 6.07) is 49.8. The molecule has 9 rings (SSSR count). The van der Waals surface area contributed by atoms with Crippen LogP contribution in [0.15, 0.2) is 213 Å². The largest absolute Gasteiger partial charge is 0.488 e. The number of hydrogen-bond acceptors (Lipinski definition) is 14. The number of H-pyrrole nitrogens is 1. The van der Waals surface area contributed by atoms with E-state index in [2.05, 4.69) is 106 Å². The van der Waals surface area contributed by atoms with Crippen LogP contribution >= 0.6 is 15.9 Å². The van der Waals surface area contributed by atoms with Crippen LogP contribution < -0.4 is 28.7 Å². The predicted molar refractivity (Wildman–Crippen MR) is 309 cm³/mol. The topological polar surface area (TPSA) is 329 Å². The van der Waals surface area contributed by atoms with Crippen molar-refractivity contribution >= 4 is 58.7 Å². The predicted octanol–water partition coefficient (Wildman–Crippen LogP) is 8.13. The van der Waals surface area contributed by atoms with Gasteiger partial charge in [-0.1, -0.05) is 160 Å². The Hall–Kier alpha value is -9.83. The quantitative estimate of drug-likeness (QED) is 0.0224. The molecule has 0 aliphatic carbocycles. The molecule has 0 fully saturated rings. The van der Waals surface area contributed by atoms with Gasteiger partial charge in [-0.15, -0.1) is 0 Å². The van der Waals surface area contributed by atoms with E-state index in [1.807, 2.05) is 115 Å². The molecule has 13 N–H and O–H groups in total. The molecular formula is C57H54BBrN14O3. The fourth-order valence-electron chi connectivity index (χ4n) is 6.13. The lowest BCUT2D eigenvalue weighted by Gasteiger charge is -2.03. The number of rotatable bonds is 10. The maximum atomic E-state index is 8.72. The molecule has 0 aliphatic heterocycles.